The Morgan fingerprint density at radius 3 is 2.54 bits per heavy atom. The summed E-state index contributed by atoms with van der Waals surface area (Å²) in [5.41, 5.74) is -1.34. The van der Waals surface area contributed by atoms with Gasteiger partial charge in [0.15, 0.2) is 5.96 Å². The molecule has 1 unspecified atom stereocenters. The van der Waals surface area contributed by atoms with Crippen molar-refractivity contribution >= 4 is 63.6 Å². The molecule has 6 N–H and O–H groups in total. The standard InChI is InChI=1S/C22H20ClF3IN5O5/c23-14-7-15(27)17(33)6-13(14)16(8-19(35)36)32-18(34)9-30-20(37)10-3-11(22(24,25)26)5-12(4-10)31-21-28-1-2-29-21/h3-7,16,33H,1-2,8-9H2,(H,30,37)(H,32,34)(H,35,36)(H2,28,29,31). The van der Waals surface area contributed by atoms with Crippen LogP contribution in [-0.4, -0.2) is 53.6 Å². The fourth-order valence-corrected chi connectivity index (χ4v) is 4.30. The maximum Gasteiger partial charge on any atom is 0.416 e. The van der Waals surface area contributed by atoms with Crippen LogP contribution in [0.5, 0.6) is 5.75 Å². The number of hydrogen-bond acceptors (Lipinski definition) is 7. The molecule has 0 fully saturated rings. The van der Waals surface area contributed by atoms with E-state index < -0.39 is 48.5 Å². The van der Waals surface area contributed by atoms with E-state index in [1.54, 1.807) is 0 Å². The molecule has 15 heteroatoms. The summed E-state index contributed by atoms with van der Waals surface area (Å²) in [6.07, 6.45) is -5.32. The number of phenolic OH excluding ortho intramolecular Hbond substituents is 1. The Kier molecular flexibility index (Phi) is 9.07. The molecule has 2 aromatic carbocycles. The number of carboxylic acid groups (broad SMARTS) is 1. The first-order valence-electron chi connectivity index (χ1n) is 10.6. The molecule has 2 amide bonds. The number of aromatic hydroxyl groups is 1. The fourth-order valence-electron chi connectivity index (χ4n) is 3.35. The van der Waals surface area contributed by atoms with Crippen molar-refractivity contribution in [1.29, 1.82) is 0 Å². The van der Waals surface area contributed by atoms with Crippen LogP contribution in [0.15, 0.2) is 35.3 Å². The number of rotatable bonds is 8. The van der Waals surface area contributed by atoms with Crippen LogP contribution in [0.3, 0.4) is 0 Å². The molecule has 0 saturated heterocycles. The molecule has 0 aliphatic carbocycles. The highest BCUT2D eigenvalue weighted by Gasteiger charge is 2.32. The summed E-state index contributed by atoms with van der Waals surface area (Å²) < 4.78 is 40.6. The van der Waals surface area contributed by atoms with E-state index in [2.05, 4.69) is 26.3 Å². The van der Waals surface area contributed by atoms with Gasteiger partial charge in [0.25, 0.3) is 5.91 Å². The second-order valence-corrected chi connectivity index (χ2v) is 9.37. The lowest BCUT2D eigenvalue weighted by molar-refractivity contribution is -0.138. The number of alkyl halides is 3. The third-order valence-electron chi connectivity index (χ3n) is 5.02. The SMILES string of the molecule is O=C(O)CC(NC(=O)CNC(=O)c1cc(NC2=NCCN2)cc(C(F)(F)F)c1)c1cc(O)c(I)cc1Cl. The van der Waals surface area contributed by atoms with Crippen LogP contribution in [0.2, 0.25) is 5.02 Å². The van der Waals surface area contributed by atoms with Gasteiger partial charge in [0.1, 0.15) is 5.75 Å². The number of carboxylic acids is 1. The van der Waals surface area contributed by atoms with Crippen LogP contribution >= 0.6 is 34.2 Å². The molecule has 3 rings (SSSR count). The number of aliphatic imine (C=N–C) groups is 1. The molecule has 1 heterocycles. The zero-order valence-corrected chi connectivity index (χ0v) is 21.7. The van der Waals surface area contributed by atoms with E-state index in [4.69, 9.17) is 11.6 Å². The molecule has 0 saturated carbocycles. The zero-order valence-electron chi connectivity index (χ0n) is 18.7. The minimum Gasteiger partial charge on any atom is -0.507 e. The molecule has 1 aliphatic rings. The summed E-state index contributed by atoms with van der Waals surface area (Å²) in [7, 11) is 0. The summed E-state index contributed by atoms with van der Waals surface area (Å²) in [6.45, 7) is 0.287. The Labute approximate surface area is 226 Å². The highest BCUT2D eigenvalue weighted by Crippen LogP contribution is 2.33. The van der Waals surface area contributed by atoms with Crippen LogP contribution in [0.25, 0.3) is 0 Å². The van der Waals surface area contributed by atoms with Crippen LogP contribution < -0.4 is 21.3 Å². The van der Waals surface area contributed by atoms with Crippen molar-refractivity contribution in [2.24, 2.45) is 4.99 Å². The predicted molar refractivity (Wildman–Crippen MR) is 137 cm³/mol. The van der Waals surface area contributed by atoms with E-state index >= 15 is 0 Å². The monoisotopic (exact) mass is 653 g/mol. The van der Waals surface area contributed by atoms with Gasteiger partial charge in [0.05, 0.1) is 34.7 Å². The number of benzene rings is 2. The van der Waals surface area contributed by atoms with Gasteiger partial charge in [-0.15, -0.1) is 0 Å². The first kappa shape index (κ1) is 28.3. The van der Waals surface area contributed by atoms with Gasteiger partial charge in [0, 0.05) is 22.8 Å². The highest BCUT2D eigenvalue weighted by molar-refractivity contribution is 14.1. The second kappa shape index (κ2) is 11.9. The molecule has 0 bridgehead atoms. The molecule has 10 nitrogen and oxygen atoms in total. The number of anilines is 1. The van der Waals surface area contributed by atoms with Crippen LogP contribution in [-0.2, 0) is 15.8 Å². The van der Waals surface area contributed by atoms with Gasteiger partial charge in [-0.1, -0.05) is 11.6 Å². The maximum atomic E-state index is 13.4. The number of halogens is 5. The zero-order chi connectivity index (χ0) is 27.3. The summed E-state index contributed by atoms with van der Waals surface area (Å²) in [6, 6.07) is 4.10. The van der Waals surface area contributed by atoms with Gasteiger partial charge in [-0.05, 0) is 58.5 Å². The van der Waals surface area contributed by atoms with Crippen molar-refractivity contribution in [2.45, 2.75) is 18.6 Å². The number of carbonyl (C=O) groups is 3. The Bertz CT molecular complexity index is 1260. The van der Waals surface area contributed by atoms with E-state index in [0.29, 0.717) is 22.7 Å². The molecule has 37 heavy (non-hydrogen) atoms. The van der Waals surface area contributed by atoms with Crippen molar-refractivity contribution in [2.75, 3.05) is 25.0 Å². The average Bonchev–Trinajstić information content (AvgIpc) is 3.31. The van der Waals surface area contributed by atoms with E-state index in [1.807, 2.05) is 22.6 Å². The summed E-state index contributed by atoms with van der Waals surface area (Å²) in [5, 5.41) is 29.4. The highest BCUT2D eigenvalue weighted by atomic mass is 127. The molecule has 1 aliphatic heterocycles. The van der Waals surface area contributed by atoms with Crippen molar-refractivity contribution in [3.8, 4) is 5.75 Å². The minimum absolute atomic E-state index is 0.0349. The number of nitrogens with zero attached hydrogens (tertiary/aromatic N) is 1. The number of phenols is 1. The lowest BCUT2D eigenvalue weighted by Crippen LogP contribution is -2.39. The van der Waals surface area contributed by atoms with Gasteiger partial charge in [-0.25, -0.2) is 0 Å². The number of carbonyl (C=O) groups excluding carboxylic acids is 2. The first-order chi connectivity index (χ1) is 17.3. The fraction of sp³-hybridized carbons (Fsp3) is 0.273. The normalized spacial score (nSPS) is 13.8. The van der Waals surface area contributed by atoms with Gasteiger partial charge in [-0.3, -0.25) is 19.4 Å². The molecule has 2 aromatic rings. The van der Waals surface area contributed by atoms with Crippen LogP contribution in [0.1, 0.15) is 33.9 Å². The van der Waals surface area contributed by atoms with Crippen molar-refractivity contribution < 1.29 is 37.8 Å². The van der Waals surface area contributed by atoms with Crippen LogP contribution in [0.4, 0.5) is 18.9 Å². The molecular weight excluding hydrogens is 634 g/mol. The molecule has 0 spiro atoms. The van der Waals surface area contributed by atoms with Gasteiger partial charge in [-0.2, -0.15) is 13.2 Å². The topological polar surface area (TPSA) is 152 Å². The maximum absolute atomic E-state index is 13.4. The Balaban J connectivity index is 1.73. The Morgan fingerprint density at radius 1 is 1.19 bits per heavy atom. The quantitative estimate of drug-likeness (QED) is 0.240. The van der Waals surface area contributed by atoms with Gasteiger partial charge in [0.2, 0.25) is 5.91 Å². The van der Waals surface area contributed by atoms with Gasteiger partial charge < -0.3 is 31.5 Å². The van der Waals surface area contributed by atoms with E-state index in [9.17, 15) is 37.8 Å². The number of amides is 2. The smallest absolute Gasteiger partial charge is 0.416 e. The van der Waals surface area contributed by atoms with Crippen LogP contribution in [0, 0.1) is 3.57 Å². The summed E-state index contributed by atoms with van der Waals surface area (Å²) >= 11 is 7.98. The van der Waals surface area contributed by atoms with E-state index in [-0.39, 0.29) is 33.5 Å². The Hall–Kier alpha value is -3.27. The lowest BCUT2D eigenvalue weighted by Gasteiger charge is -2.20. The number of guanidine groups is 1. The van der Waals surface area contributed by atoms with E-state index in [0.717, 1.165) is 6.07 Å². The van der Waals surface area contributed by atoms with Gasteiger partial charge >= 0.3 is 12.1 Å². The van der Waals surface area contributed by atoms with Crippen molar-refractivity contribution in [1.82, 2.24) is 16.0 Å². The molecular formula is C22H20ClF3IN5O5. The first-order valence-corrected chi connectivity index (χ1v) is 12.0. The second-order valence-electron chi connectivity index (χ2n) is 7.80. The minimum atomic E-state index is -4.74. The largest absolute Gasteiger partial charge is 0.507 e. The number of aliphatic carboxylic acids is 1. The predicted octanol–water partition coefficient (Wildman–Crippen LogP) is 3.10. The van der Waals surface area contributed by atoms with Crippen molar-refractivity contribution in [3.63, 3.8) is 0 Å². The number of hydrogen-bond donors (Lipinski definition) is 6. The van der Waals surface area contributed by atoms with E-state index in [1.165, 1.54) is 18.2 Å². The third kappa shape index (κ3) is 7.85. The molecule has 0 aromatic heterocycles. The molecule has 0 radical (unpaired) electrons. The average molecular weight is 654 g/mol. The van der Waals surface area contributed by atoms with Crippen molar-refractivity contribution in [3.05, 3.63) is 55.6 Å². The summed E-state index contributed by atoms with van der Waals surface area (Å²) in [4.78, 5) is 40.4. The lowest BCUT2D eigenvalue weighted by atomic mass is 10.0. The third-order valence-corrected chi connectivity index (χ3v) is 6.22. The summed E-state index contributed by atoms with van der Waals surface area (Å²) in [5.74, 6) is -2.98. The number of nitrogens with one attached hydrogen (secondary N) is 4. The molecule has 1 atom stereocenters. The molecule has 198 valence electrons. The Morgan fingerprint density at radius 2 is 1.92 bits per heavy atom.